The zero-order valence-corrected chi connectivity index (χ0v) is 8.08. The fourth-order valence-corrected chi connectivity index (χ4v) is 1.18. The van der Waals surface area contributed by atoms with Gasteiger partial charge in [0.2, 0.25) is 0 Å². The minimum absolute atomic E-state index is 0.142. The van der Waals surface area contributed by atoms with E-state index in [9.17, 15) is 4.79 Å². The van der Waals surface area contributed by atoms with Gasteiger partial charge in [0.1, 0.15) is 0 Å². The quantitative estimate of drug-likeness (QED) is 0.724. The van der Waals surface area contributed by atoms with E-state index in [1.165, 1.54) is 6.20 Å². The number of rotatable bonds is 4. The van der Waals surface area contributed by atoms with E-state index in [0.29, 0.717) is 24.7 Å². The molecule has 0 aromatic carbocycles. The van der Waals surface area contributed by atoms with Gasteiger partial charge in [-0.2, -0.15) is 15.4 Å². The highest BCUT2D eigenvalue weighted by Gasteiger charge is 2.15. The minimum atomic E-state index is -0.142. The number of aromatic amines is 1. The first-order chi connectivity index (χ1) is 6.29. The van der Waals surface area contributed by atoms with E-state index in [2.05, 4.69) is 15.4 Å². The van der Waals surface area contributed by atoms with Crippen LogP contribution in [0.15, 0.2) is 6.20 Å². The molecule has 0 saturated heterocycles. The monoisotopic (exact) mass is 202 g/mol. The number of carbonyl (C=O) groups excluding carboxylic acids is 1. The molecule has 1 N–H and O–H groups in total. The highest BCUT2D eigenvalue weighted by Crippen LogP contribution is 1.99. The summed E-state index contributed by atoms with van der Waals surface area (Å²) in [7, 11) is 0. The summed E-state index contributed by atoms with van der Waals surface area (Å²) in [6.45, 7) is 3.05. The van der Waals surface area contributed by atoms with Gasteiger partial charge >= 0.3 is 0 Å². The van der Waals surface area contributed by atoms with E-state index >= 15 is 0 Å². The molecule has 0 bridgehead atoms. The van der Waals surface area contributed by atoms with Gasteiger partial charge in [0.25, 0.3) is 5.91 Å². The predicted octanol–water partition coefficient (Wildman–Crippen LogP) is 0.506. The number of amides is 1. The summed E-state index contributed by atoms with van der Waals surface area (Å²) < 4.78 is 0. The number of H-pyrrole nitrogens is 1. The summed E-state index contributed by atoms with van der Waals surface area (Å²) in [6, 6.07) is 0. The summed E-state index contributed by atoms with van der Waals surface area (Å²) in [4.78, 5) is 13.2. The molecule has 0 fully saturated rings. The van der Waals surface area contributed by atoms with Gasteiger partial charge in [0.05, 0.1) is 6.20 Å². The smallest absolute Gasteiger partial charge is 0.276 e. The SMILES string of the molecule is CCN(CCCl)C(=O)c1cn[nH]n1. The lowest BCUT2D eigenvalue weighted by molar-refractivity contribution is 0.0768. The zero-order valence-electron chi connectivity index (χ0n) is 7.33. The van der Waals surface area contributed by atoms with Crippen molar-refractivity contribution >= 4 is 17.5 Å². The summed E-state index contributed by atoms with van der Waals surface area (Å²) in [5, 5.41) is 9.65. The van der Waals surface area contributed by atoms with Crippen molar-refractivity contribution in [2.45, 2.75) is 6.92 Å². The molecule has 1 aromatic heterocycles. The van der Waals surface area contributed by atoms with Crippen molar-refractivity contribution in [1.29, 1.82) is 0 Å². The van der Waals surface area contributed by atoms with Crippen LogP contribution in [0.25, 0.3) is 0 Å². The molecule has 1 heterocycles. The van der Waals surface area contributed by atoms with Crippen LogP contribution in [0.4, 0.5) is 0 Å². The second-order valence-corrected chi connectivity index (χ2v) is 2.81. The maximum absolute atomic E-state index is 11.6. The highest BCUT2D eigenvalue weighted by molar-refractivity contribution is 6.18. The van der Waals surface area contributed by atoms with Crippen molar-refractivity contribution in [3.05, 3.63) is 11.9 Å². The van der Waals surface area contributed by atoms with E-state index in [1.54, 1.807) is 4.90 Å². The first-order valence-corrected chi connectivity index (χ1v) is 4.54. The predicted molar refractivity (Wildman–Crippen MR) is 48.7 cm³/mol. The summed E-state index contributed by atoms with van der Waals surface area (Å²) in [5.74, 6) is 0.286. The number of halogens is 1. The third-order valence-electron chi connectivity index (χ3n) is 1.66. The molecule has 1 amide bonds. The van der Waals surface area contributed by atoms with Gasteiger partial charge in [0.15, 0.2) is 5.69 Å². The molecule has 0 saturated carbocycles. The summed E-state index contributed by atoms with van der Waals surface area (Å²) >= 11 is 5.54. The molecule has 0 aliphatic rings. The zero-order chi connectivity index (χ0) is 9.68. The second-order valence-electron chi connectivity index (χ2n) is 2.43. The fourth-order valence-electron chi connectivity index (χ4n) is 0.972. The lowest BCUT2D eigenvalue weighted by atomic mass is 10.4. The Morgan fingerprint density at radius 2 is 2.54 bits per heavy atom. The Bertz CT molecular complexity index is 261. The average Bonchev–Trinajstić information content (AvgIpc) is 2.65. The standard InChI is InChI=1S/C7H11ClN4O/c1-2-12(4-3-8)7(13)6-5-9-11-10-6/h5H,2-4H2,1H3,(H,9,10,11). The van der Waals surface area contributed by atoms with Gasteiger partial charge in [-0.1, -0.05) is 0 Å². The molecular weight excluding hydrogens is 192 g/mol. The highest BCUT2D eigenvalue weighted by atomic mass is 35.5. The van der Waals surface area contributed by atoms with Crippen LogP contribution in [0.2, 0.25) is 0 Å². The van der Waals surface area contributed by atoms with E-state index < -0.39 is 0 Å². The number of nitrogens with zero attached hydrogens (tertiary/aromatic N) is 3. The Labute approximate surface area is 81.1 Å². The minimum Gasteiger partial charge on any atom is -0.336 e. The molecule has 1 aromatic rings. The van der Waals surface area contributed by atoms with Crippen molar-refractivity contribution < 1.29 is 4.79 Å². The molecule has 0 atom stereocenters. The van der Waals surface area contributed by atoms with Crippen LogP contribution >= 0.6 is 11.6 Å². The fraction of sp³-hybridized carbons (Fsp3) is 0.571. The number of alkyl halides is 1. The van der Waals surface area contributed by atoms with Crippen LogP contribution in [-0.2, 0) is 0 Å². The number of hydrogen-bond donors (Lipinski definition) is 1. The lowest BCUT2D eigenvalue weighted by Gasteiger charge is -2.17. The first kappa shape index (κ1) is 9.98. The van der Waals surface area contributed by atoms with Gasteiger partial charge in [-0.05, 0) is 6.92 Å². The molecule has 0 spiro atoms. The van der Waals surface area contributed by atoms with Crippen LogP contribution in [-0.4, -0.2) is 45.2 Å². The van der Waals surface area contributed by atoms with Crippen LogP contribution < -0.4 is 0 Å². The van der Waals surface area contributed by atoms with Crippen LogP contribution in [0.1, 0.15) is 17.4 Å². The molecule has 0 radical (unpaired) electrons. The van der Waals surface area contributed by atoms with Crippen molar-refractivity contribution in [1.82, 2.24) is 20.3 Å². The van der Waals surface area contributed by atoms with Gasteiger partial charge in [0, 0.05) is 19.0 Å². The molecule has 0 aliphatic heterocycles. The first-order valence-electron chi connectivity index (χ1n) is 4.00. The topological polar surface area (TPSA) is 61.9 Å². The van der Waals surface area contributed by atoms with Crippen molar-refractivity contribution in [3.63, 3.8) is 0 Å². The maximum Gasteiger partial charge on any atom is 0.276 e. The summed E-state index contributed by atoms with van der Waals surface area (Å²) in [6.07, 6.45) is 1.40. The number of aromatic nitrogens is 3. The van der Waals surface area contributed by atoms with Gasteiger partial charge in [-0.15, -0.1) is 11.6 Å². The van der Waals surface area contributed by atoms with Crippen molar-refractivity contribution in [2.75, 3.05) is 19.0 Å². The third-order valence-corrected chi connectivity index (χ3v) is 1.83. The Hall–Kier alpha value is -1.10. The lowest BCUT2D eigenvalue weighted by Crippen LogP contribution is -2.32. The van der Waals surface area contributed by atoms with E-state index in [4.69, 9.17) is 11.6 Å². The molecule has 5 nitrogen and oxygen atoms in total. The Balaban J connectivity index is 2.65. The third kappa shape index (κ3) is 2.42. The molecular formula is C7H11ClN4O. The Kier molecular flexibility index (Phi) is 3.70. The van der Waals surface area contributed by atoms with Crippen molar-refractivity contribution in [2.24, 2.45) is 0 Å². The molecule has 72 valence electrons. The summed E-state index contributed by atoms with van der Waals surface area (Å²) in [5.41, 5.74) is 0.326. The van der Waals surface area contributed by atoms with Crippen molar-refractivity contribution in [3.8, 4) is 0 Å². The number of carbonyl (C=O) groups is 1. The molecule has 1 rings (SSSR count). The Morgan fingerprint density at radius 1 is 1.77 bits per heavy atom. The van der Waals surface area contributed by atoms with Gasteiger partial charge in [-0.25, -0.2) is 0 Å². The average molecular weight is 203 g/mol. The van der Waals surface area contributed by atoms with Crippen LogP contribution in [0, 0.1) is 0 Å². The van der Waals surface area contributed by atoms with E-state index in [1.807, 2.05) is 6.92 Å². The molecule has 13 heavy (non-hydrogen) atoms. The van der Waals surface area contributed by atoms with E-state index in [-0.39, 0.29) is 5.91 Å². The number of nitrogens with one attached hydrogen (secondary N) is 1. The van der Waals surface area contributed by atoms with Crippen LogP contribution in [0.5, 0.6) is 0 Å². The maximum atomic E-state index is 11.6. The number of hydrogen-bond acceptors (Lipinski definition) is 3. The Morgan fingerprint density at radius 3 is 3.00 bits per heavy atom. The largest absolute Gasteiger partial charge is 0.336 e. The molecule has 0 unspecified atom stereocenters. The normalized spacial score (nSPS) is 10.0. The second kappa shape index (κ2) is 4.81. The van der Waals surface area contributed by atoms with E-state index in [0.717, 1.165) is 0 Å². The molecule has 0 aliphatic carbocycles. The molecule has 6 heteroatoms. The van der Waals surface area contributed by atoms with Gasteiger partial charge < -0.3 is 4.90 Å². The van der Waals surface area contributed by atoms with Crippen LogP contribution in [0.3, 0.4) is 0 Å². The van der Waals surface area contributed by atoms with Gasteiger partial charge in [-0.3, -0.25) is 4.79 Å².